The lowest BCUT2D eigenvalue weighted by Gasteiger charge is -2.21. The summed E-state index contributed by atoms with van der Waals surface area (Å²) in [5, 5.41) is 7.74. The largest absolute Gasteiger partial charge is 0.377 e. The first-order valence-corrected chi connectivity index (χ1v) is 7.83. The Kier molecular flexibility index (Phi) is 3.53. The van der Waals surface area contributed by atoms with Gasteiger partial charge < -0.3 is 15.0 Å². The molecule has 2 atom stereocenters. The lowest BCUT2D eigenvalue weighted by atomic mass is 10.1. The normalized spacial score (nSPS) is 20.6. The van der Waals surface area contributed by atoms with E-state index in [1.807, 2.05) is 19.9 Å². The Balaban J connectivity index is 1.68. The number of nitrogens with zero attached hydrogens (tertiary/aromatic N) is 4. The van der Waals surface area contributed by atoms with Crippen LogP contribution < -0.4 is 10.9 Å². The molecule has 3 aromatic heterocycles. The number of aromatic amines is 1. The quantitative estimate of drug-likeness (QED) is 0.750. The number of H-pyrrole nitrogens is 1. The standard InChI is InChI=1S/C16H18N6O2/c1-9-3-4-14(23)22(21-9)13-7-24-6-12(13)20-16-15-11(17-8-18-16)5-10(2)19-15/h3-5,8,12-13,19H,6-7H2,1-2H3,(H,17,18,20). The molecule has 0 bridgehead atoms. The zero-order valence-electron chi connectivity index (χ0n) is 13.5. The van der Waals surface area contributed by atoms with Gasteiger partial charge in [0.1, 0.15) is 17.9 Å². The second-order valence-corrected chi connectivity index (χ2v) is 6.05. The van der Waals surface area contributed by atoms with E-state index in [0.29, 0.717) is 19.0 Å². The maximum atomic E-state index is 12.2. The van der Waals surface area contributed by atoms with E-state index < -0.39 is 0 Å². The van der Waals surface area contributed by atoms with Crippen LogP contribution >= 0.6 is 0 Å². The SMILES string of the molecule is Cc1ccc(=O)n(C2COCC2Nc2ncnc3cc(C)[nH]c23)n1. The molecule has 0 aliphatic carbocycles. The van der Waals surface area contributed by atoms with Crippen LogP contribution in [-0.4, -0.2) is 44.0 Å². The third-order valence-corrected chi connectivity index (χ3v) is 4.20. The van der Waals surface area contributed by atoms with Gasteiger partial charge in [0.05, 0.1) is 30.5 Å². The summed E-state index contributed by atoms with van der Waals surface area (Å²) in [6.45, 7) is 4.76. The smallest absolute Gasteiger partial charge is 0.267 e. The Morgan fingerprint density at radius 2 is 2.17 bits per heavy atom. The van der Waals surface area contributed by atoms with E-state index in [1.54, 1.807) is 6.07 Å². The molecule has 1 saturated heterocycles. The van der Waals surface area contributed by atoms with Crippen molar-refractivity contribution in [3.63, 3.8) is 0 Å². The van der Waals surface area contributed by atoms with Gasteiger partial charge in [-0.25, -0.2) is 14.6 Å². The fourth-order valence-electron chi connectivity index (χ4n) is 3.04. The van der Waals surface area contributed by atoms with Crippen LogP contribution in [0.2, 0.25) is 0 Å². The van der Waals surface area contributed by atoms with Crippen molar-refractivity contribution < 1.29 is 4.74 Å². The molecule has 2 unspecified atom stereocenters. The van der Waals surface area contributed by atoms with E-state index in [9.17, 15) is 4.79 Å². The minimum atomic E-state index is -0.182. The molecule has 8 nitrogen and oxygen atoms in total. The molecule has 1 fully saturated rings. The van der Waals surface area contributed by atoms with Gasteiger partial charge >= 0.3 is 0 Å². The number of anilines is 1. The summed E-state index contributed by atoms with van der Waals surface area (Å²) in [5.74, 6) is 0.703. The molecule has 0 radical (unpaired) electrons. The summed E-state index contributed by atoms with van der Waals surface area (Å²) < 4.78 is 7.09. The zero-order chi connectivity index (χ0) is 16.7. The van der Waals surface area contributed by atoms with Crippen molar-refractivity contribution in [3.05, 3.63) is 46.3 Å². The van der Waals surface area contributed by atoms with Gasteiger partial charge in [-0.3, -0.25) is 4.79 Å². The molecule has 4 heterocycles. The number of nitrogens with one attached hydrogen (secondary N) is 2. The summed E-state index contributed by atoms with van der Waals surface area (Å²) in [6.07, 6.45) is 1.53. The third kappa shape index (κ3) is 2.54. The van der Waals surface area contributed by atoms with Crippen molar-refractivity contribution in [2.45, 2.75) is 25.9 Å². The minimum absolute atomic E-state index is 0.0984. The number of hydrogen-bond acceptors (Lipinski definition) is 6. The van der Waals surface area contributed by atoms with Crippen molar-refractivity contribution in [3.8, 4) is 0 Å². The molecule has 124 valence electrons. The second kappa shape index (κ2) is 5.72. The average molecular weight is 326 g/mol. The molecular weight excluding hydrogens is 308 g/mol. The van der Waals surface area contributed by atoms with Crippen LogP contribution in [0, 0.1) is 13.8 Å². The molecule has 0 amide bonds. The summed E-state index contributed by atoms with van der Waals surface area (Å²) in [5.41, 5.74) is 3.39. The van der Waals surface area contributed by atoms with Gasteiger partial charge in [-0.1, -0.05) is 0 Å². The Labute approximate surface area is 137 Å². The molecule has 0 saturated carbocycles. The first kappa shape index (κ1) is 14.8. The first-order valence-electron chi connectivity index (χ1n) is 7.83. The number of aromatic nitrogens is 5. The van der Waals surface area contributed by atoms with Crippen molar-refractivity contribution in [1.82, 2.24) is 24.7 Å². The van der Waals surface area contributed by atoms with Gasteiger partial charge in [-0.15, -0.1) is 0 Å². The number of rotatable bonds is 3. The lowest BCUT2D eigenvalue weighted by Crippen LogP contribution is -2.37. The van der Waals surface area contributed by atoms with Gasteiger partial charge in [0.25, 0.3) is 5.56 Å². The average Bonchev–Trinajstić information content (AvgIpc) is 3.16. The van der Waals surface area contributed by atoms with Crippen molar-refractivity contribution in [2.24, 2.45) is 0 Å². The molecule has 4 rings (SSSR count). The van der Waals surface area contributed by atoms with Gasteiger partial charge in [0.2, 0.25) is 0 Å². The molecule has 2 N–H and O–H groups in total. The molecule has 8 heteroatoms. The molecule has 1 aliphatic rings. The highest BCUT2D eigenvalue weighted by atomic mass is 16.5. The van der Waals surface area contributed by atoms with Crippen LogP contribution in [0.3, 0.4) is 0 Å². The van der Waals surface area contributed by atoms with Gasteiger partial charge in [-0.2, -0.15) is 5.10 Å². The maximum Gasteiger partial charge on any atom is 0.267 e. The van der Waals surface area contributed by atoms with E-state index in [4.69, 9.17) is 4.74 Å². The fraction of sp³-hybridized carbons (Fsp3) is 0.375. The van der Waals surface area contributed by atoms with Gasteiger partial charge in [0, 0.05) is 11.8 Å². The predicted octanol–water partition coefficient (Wildman–Crippen LogP) is 1.18. The Hall–Kier alpha value is -2.74. The summed E-state index contributed by atoms with van der Waals surface area (Å²) in [4.78, 5) is 24.0. The van der Waals surface area contributed by atoms with Gasteiger partial charge in [0.15, 0.2) is 5.82 Å². The number of hydrogen-bond donors (Lipinski definition) is 2. The minimum Gasteiger partial charge on any atom is -0.377 e. The molecule has 24 heavy (non-hydrogen) atoms. The van der Waals surface area contributed by atoms with Gasteiger partial charge in [-0.05, 0) is 26.0 Å². The Bertz CT molecular complexity index is 947. The van der Waals surface area contributed by atoms with Crippen LogP contribution in [0.1, 0.15) is 17.4 Å². The maximum absolute atomic E-state index is 12.2. The summed E-state index contributed by atoms with van der Waals surface area (Å²) >= 11 is 0. The zero-order valence-corrected chi connectivity index (χ0v) is 13.5. The van der Waals surface area contributed by atoms with Crippen LogP contribution in [0.5, 0.6) is 0 Å². The summed E-state index contributed by atoms with van der Waals surface area (Å²) in [7, 11) is 0. The second-order valence-electron chi connectivity index (χ2n) is 6.05. The molecule has 0 spiro atoms. The topological polar surface area (TPSA) is 97.7 Å². The highest BCUT2D eigenvalue weighted by Crippen LogP contribution is 2.25. The number of ether oxygens (including phenoxy) is 1. The van der Waals surface area contributed by atoms with E-state index in [-0.39, 0.29) is 17.6 Å². The molecule has 0 aromatic carbocycles. The number of aryl methyl sites for hydroxylation is 2. The van der Waals surface area contributed by atoms with Crippen LogP contribution in [0.4, 0.5) is 5.82 Å². The van der Waals surface area contributed by atoms with Crippen molar-refractivity contribution >= 4 is 16.9 Å². The fourth-order valence-corrected chi connectivity index (χ4v) is 3.04. The Morgan fingerprint density at radius 1 is 1.29 bits per heavy atom. The van der Waals surface area contributed by atoms with Crippen molar-refractivity contribution in [1.29, 1.82) is 0 Å². The first-order chi connectivity index (χ1) is 11.6. The van der Waals surface area contributed by atoms with E-state index >= 15 is 0 Å². The predicted molar refractivity (Wildman–Crippen MR) is 89.1 cm³/mol. The third-order valence-electron chi connectivity index (χ3n) is 4.20. The molecule has 1 aliphatic heterocycles. The lowest BCUT2D eigenvalue weighted by molar-refractivity contribution is 0.182. The van der Waals surface area contributed by atoms with E-state index in [2.05, 4.69) is 25.4 Å². The summed E-state index contributed by atoms with van der Waals surface area (Å²) in [6, 6.07) is 4.94. The number of fused-ring (bicyclic) bond motifs is 1. The van der Waals surface area contributed by atoms with Crippen LogP contribution in [0.15, 0.2) is 29.3 Å². The van der Waals surface area contributed by atoms with Crippen LogP contribution in [-0.2, 0) is 4.74 Å². The molecular formula is C16H18N6O2. The van der Waals surface area contributed by atoms with E-state index in [0.717, 1.165) is 22.4 Å². The Morgan fingerprint density at radius 3 is 3.04 bits per heavy atom. The monoisotopic (exact) mass is 326 g/mol. The van der Waals surface area contributed by atoms with Crippen molar-refractivity contribution in [2.75, 3.05) is 18.5 Å². The highest BCUT2D eigenvalue weighted by Gasteiger charge is 2.32. The molecule has 3 aromatic rings. The van der Waals surface area contributed by atoms with E-state index in [1.165, 1.54) is 17.1 Å². The van der Waals surface area contributed by atoms with Crippen LogP contribution in [0.25, 0.3) is 11.0 Å². The highest BCUT2D eigenvalue weighted by molar-refractivity contribution is 5.86.